The van der Waals surface area contributed by atoms with E-state index in [-0.39, 0.29) is 5.41 Å². The van der Waals surface area contributed by atoms with Crippen LogP contribution in [0.15, 0.2) is 36.4 Å². The summed E-state index contributed by atoms with van der Waals surface area (Å²) in [5.74, 6) is 0. The third kappa shape index (κ3) is 3.07. The monoisotopic (exact) mass is 269 g/mol. The van der Waals surface area contributed by atoms with Gasteiger partial charge >= 0.3 is 0 Å². The molecule has 0 aliphatic rings. The van der Waals surface area contributed by atoms with Gasteiger partial charge in [0.05, 0.1) is 0 Å². The fourth-order valence-electron chi connectivity index (χ4n) is 2.33. The SMILES string of the molecule is Cc1ccc(C(O)c2ccc(C(C)(C)C)cc2)c(C)n1. The number of aryl methyl sites for hydroxylation is 2. The molecule has 1 aromatic heterocycles. The Bertz CT molecular complexity index is 594. The van der Waals surface area contributed by atoms with E-state index in [9.17, 15) is 5.11 Å². The van der Waals surface area contributed by atoms with E-state index >= 15 is 0 Å². The first-order valence-corrected chi connectivity index (χ1v) is 7.01. The zero-order valence-electron chi connectivity index (χ0n) is 12.9. The van der Waals surface area contributed by atoms with Crippen molar-refractivity contribution >= 4 is 0 Å². The Kier molecular flexibility index (Phi) is 3.96. The molecule has 0 fully saturated rings. The molecule has 2 nitrogen and oxygen atoms in total. The predicted octanol–water partition coefficient (Wildman–Crippen LogP) is 4.08. The van der Waals surface area contributed by atoms with Crippen LogP contribution in [-0.2, 0) is 5.41 Å². The second-order valence-electron chi connectivity index (χ2n) is 6.40. The van der Waals surface area contributed by atoms with Crippen LogP contribution in [0, 0.1) is 13.8 Å². The molecule has 0 amide bonds. The van der Waals surface area contributed by atoms with Gasteiger partial charge in [-0.05, 0) is 36.5 Å². The molecule has 0 saturated carbocycles. The Labute approximate surface area is 121 Å². The lowest BCUT2D eigenvalue weighted by Gasteiger charge is -2.20. The molecule has 1 atom stereocenters. The normalized spacial score (nSPS) is 13.3. The van der Waals surface area contributed by atoms with Gasteiger partial charge in [-0.2, -0.15) is 0 Å². The highest BCUT2D eigenvalue weighted by molar-refractivity contribution is 5.35. The molecule has 106 valence electrons. The predicted molar refractivity (Wildman–Crippen MR) is 82.9 cm³/mol. The van der Waals surface area contributed by atoms with Crippen LogP contribution in [0.1, 0.15) is 55.0 Å². The average molecular weight is 269 g/mol. The van der Waals surface area contributed by atoms with Crippen molar-refractivity contribution in [3.63, 3.8) is 0 Å². The summed E-state index contributed by atoms with van der Waals surface area (Å²) < 4.78 is 0. The maximum Gasteiger partial charge on any atom is 0.106 e. The first-order valence-electron chi connectivity index (χ1n) is 7.01. The van der Waals surface area contributed by atoms with E-state index in [1.807, 2.05) is 38.1 Å². The highest BCUT2D eigenvalue weighted by Crippen LogP contribution is 2.27. The number of pyridine rings is 1. The van der Waals surface area contributed by atoms with Gasteiger partial charge in [-0.25, -0.2) is 0 Å². The van der Waals surface area contributed by atoms with Gasteiger partial charge in [-0.1, -0.05) is 51.1 Å². The van der Waals surface area contributed by atoms with Gasteiger partial charge in [0.1, 0.15) is 6.10 Å². The van der Waals surface area contributed by atoms with Crippen molar-refractivity contribution in [1.82, 2.24) is 4.98 Å². The molecular weight excluding hydrogens is 246 g/mol. The van der Waals surface area contributed by atoms with E-state index in [0.29, 0.717) is 0 Å². The van der Waals surface area contributed by atoms with E-state index < -0.39 is 6.10 Å². The van der Waals surface area contributed by atoms with Crippen LogP contribution in [0.4, 0.5) is 0 Å². The van der Waals surface area contributed by atoms with Crippen LogP contribution in [-0.4, -0.2) is 10.1 Å². The smallest absolute Gasteiger partial charge is 0.106 e. The molecule has 0 saturated heterocycles. The quantitative estimate of drug-likeness (QED) is 0.891. The van der Waals surface area contributed by atoms with Crippen molar-refractivity contribution in [2.75, 3.05) is 0 Å². The summed E-state index contributed by atoms with van der Waals surface area (Å²) in [5, 5.41) is 10.5. The van der Waals surface area contributed by atoms with Crippen molar-refractivity contribution in [3.8, 4) is 0 Å². The molecule has 1 N–H and O–H groups in total. The lowest BCUT2D eigenvalue weighted by molar-refractivity contribution is 0.219. The third-order valence-electron chi connectivity index (χ3n) is 3.65. The zero-order chi connectivity index (χ0) is 14.9. The topological polar surface area (TPSA) is 33.1 Å². The minimum absolute atomic E-state index is 0.130. The first kappa shape index (κ1) is 14.7. The van der Waals surface area contributed by atoms with E-state index in [4.69, 9.17) is 0 Å². The van der Waals surface area contributed by atoms with Gasteiger partial charge in [0.2, 0.25) is 0 Å². The van der Waals surface area contributed by atoms with Gasteiger partial charge in [0, 0.05) is 17.0 Å². The summed E-state index contributed by atoms with van der Waals surface area (Å²) in [6, 6.07) is 12.1. The fraction of sp³-hybridized carbons (Fsp3) is 0.389. The van der Waals surface area contributed by atoms with E-state index in [1.54, 1.807) is 0 Å². The lowest BCUT2D eigenvalue weighted by Crippen LogP contribution is -2.11. The maximum atomic E-state index is 10.5. The van der Waals surface area contributed by atoms with E-state index in [0.717, 1.165) is 22.5 Å². The molecule has 20 heavy (non-hydrogen) atoms. The minimum Gasteiger partial charge on any atom is -0.384 e. The zero-order valence-corrected chi connectivity index (χ0v) is 12.9. The van der Waals surface area contributed by atoms with Gasteiger partial charge < -0.3 is 5.11 Å². The Hall–Kier alpha value is -1.67. The lowest BCUT2D eigenvalue weighted by atomic mass is 9.86. The van der Waals surface area contributed by atoms with Crippen molar-refractivity contribution in [2.24, 2.45) is 0 Å². The molecular formula is C18H23NO. The van der Waals surface area contributed by atoms with Crippen LogP contribution in [0.25, 0.3) is 0 Å². The molecule has 1 heterocycles. The summed E-state index contributed by atoms with van der Waals surface area (Å²) in [7, 11) is 0. The molecule has 0 aliphatic heterocycles. The van der Waals surface area contributed by atoms with Crippen LogP contribution in [0.2, 0.25) is 0 Å². The Morgan fingerprint density at radius 1 is 0.950 bits per heavy atom. The van der Waals surface area contributed by atoms with Crippen LogP contribution >= 0.6 is 0 Å². The summed E-state index contributed by atoms with van der Waals surface area (Å²) >= 11 is 0. The number of rotatable bonds is 2. The largest absolute Gasteiger partial charge is 0.384 e. The molecule has 0 spiro atoms. The second-order valence-corrected chi connectivity index (χ2v) is 6.40. The number of benzene rings is 1. The van der Waals surface area contributed by atoms with E-state index in [2.05, 4.69) is 37.9 Å². The maximum absolute atomic E-state index is 10.5. The fourth-order valence-corrected chi connectivity index (χ4v) is 2.33. The van der Waals surface area contributed by atoms with Crippen molar-refractivity contribution in [2.45, 2.75) is 46.1 Å². The molecule has 0 aliphatic carbocycles. The number of aliphatic hydroxyl groups excluding tert-OH is 1. The summed E-state index contributed by atoms with van der Waals surface area (Å²) in [6.45, 7) is 10.5. The summed E-state index contributed by atoms with van der Waals surface area (Å²) in [4.78, 5) is 4.42. The molecule has 2 rings (SSSR count). The van der Waals surface area contributed by atoms with Gasteiger partial charge in [0.25, 0.3) is 0 Å². The van der Waals surface area contributed by atoms with Crippen molar-refractivity contribution < 1.29 is 5.11 Å². The number of hydrogen-bond donors (Lipinski definition) is 1. The first-order chi connectivity index (χ1) is 9.29. The van der Waals surface area contributed by atoms with Crippen molar-refractivity contribution in [3.05, 3.63) is 64.5 Å². The molecule has 0 radical (unpaired) electrons. The number of hydrogen-bond acceptors (Lipinski definition) is 2. The molecule has 1 aromatic carbocycles. The van der Waals surface area contributed by atoms with Crippen LogP contribution in [0.5, 0.6) is 0 Å². The molecule has 2 heteroatoms. The Balaban J connectivity index is 2.31. The summed E-state index contributed by atoms with van der Waals surface area (Å²) in [6.07, 6.45) is -0.614. The van der Waals surface area contributed by atoms with Crippen molar-refractivity contribution in [1.29, 1.82) is 0 Å². The van der Waals surface area contributed by atoms with Crippen LogP contribution in [0.3, 0.4) is 0 Å². The third-order valence-corrected chi connectivity index (χ3v) is 3.65. The number of nitrogens with zero attached hydrogens (tertiary/aromatic N) is 1. The Morgan fingerprint density at radius 2 is 1.55 bits per heavy atom. The van der Waals surface area contributed by atoms with Gasteiger partial charge in [-0.15, -0.1) is 0 Å². The average Bonchev–Trinajstić information content (AvgIpc) is 2.37. The van der Waals surface area contributed by atoms with Crippen LogP contribution < -0.4 is 0 Å². The van der Waals surface area contributed by atoms with Gasteiger partial charge in [0.15, 0.2) is 0 Å². The molecule has 2 aromatic rings. The summed E-state index contributed by atoms with van der Waals surface area (Å²) in [5.41, 5.74) is 5.04. The van der Waals surface area contributed by atoms with Gasteiger partial charge in [-0.3, -0.25) is 4.98 Å². The molecule has 1 unspecified atom stereocenters. The highest BCUT2D eigenvalue weighted by Gasteiger charge is 2.16. The highest BCUT2D eigenvalue weighted by atomic mass is 16.3. The number of aliphatic hydroxyl groups is 1. The number of aromatic nitrogens is 1. The Morgan fingerprint density at radius 3 is 2.05 bits per heavy atom. The molecule has 0 bridgehead atoms. The standard InChI is InChI=1S/C18H23NO/c1-12-6-11-16(13(2)19-12)17(20)14-7-9-15(10-8-14)18(3,4)5/h6-11,17,20H,1-5H3. The second kappa shape index (κ2) is 5.37. The minimum atomic E-state index is -0.614. The van der Waals surface area contributed by atoms with E-state index in [1.165, 1.54) is 5.56 Å².